The van der Waals surface area contributed by atoms with E-state index in [-0.39, 0.29) is 39.8 Å². The summed E-state index contributed by atoms with van der Waals surface area (Å²) < 4.78 is 34.4. The molecule has 40 heavy (non-hydrogen) atoms. The van der Waals surface area contributed by atoms with Crippen LogP contribution < -0.4 is 14.4 Å². The number of anilines is 1. The first-order chi connectivity index (χ1) is 18.8. The number of hydrogen-bond donors (Lipinski definition) is 1. The molecule has 214 valence electrons. The van der Waals surface area contributed by atoms with Crippen molar-refractivity contribution in [3.63, 3.8) is 0 Å². The standard InChI is InChI=1S/C29H33Cl2N3O5S/c1-19(2)32-29(36)21(4)33(17-22-8-10-23(30)11-9-22)28(35)18-34(26-16-24(31)12-15-27(26)39-5)40(37,38)25-13-6-20(3)7-14-25/h6-16,19,21H,17-18H2,1-5H3,(H,32,36)/t21-/m1/s1. The van der Waals surface area contributed by atoms with Crippen molar-refractivity contribution in [2.75, 3.05) is 18.0 Å². The maximum absolute atomic E-state index is 14.0. The Morgan fingerprint density at radius 3 is 2.10 bits per heavy atom. The lowest BCUT2D eigenvalue weighted by Gasteiger charge is -2.32. The van der Waals surface area contributed by atoms with E-state index in [1.165, 1.54) is 36.3 Å². The molecule has 2 amide bonds. The molecule has 1 atom stereocenters. The van der Waals surface area contributed by atoms with Gasteiger partial charge in [-0.1, -0.05) is 53.0 Å². The average molecular weight is 607 g/mol. The Morgan fingerprint density at radius 2 is 1.52 bits per heavy atom. The third kappa shape index (κ3) is 7.68. The van der Waals surface area contributed by atoms with Gasteiger partial charge in [0.2, 0.25) is 11.8 Å². The van der Waals surface area contributed by atoms with Crippen LogP contribution in [0.4, 0.5) is 5.69 Å². The predicted octanol–water partition coefficient (Wildman–Crippen LogP) is 5.45. The Kier molecular flexibility index (Phi) is 10.5. The lowest BCUT2D eigenvalue weighted by Crippen LogP contribution is -2.52. The van der Waals surface area contributed by atoms with Crippen LogP contribution in [0.2, 0.25) is 10.0 Å². The molecule has 3 aromatic carbocycles. The van der Waals surface area contributed by atoms with E-state index in [0.717, 1.165) is 15.4 Å². The van der Waals surface area contributed by atoms with Gasteiger partial charge >= 0.3 is 0 Å². The predicted molar refractivity (Wildman–Crippen MR) is 158 cm³/mol. The van der Waals surface area contributed by atoms with Gasteiger partial charge in [-0.25, -0.2) is 8.42 Å². The fourth-order valence-corrected chi connectivity index (χ4v) is 5.69. The Hall–Kier alpha value is -3.27. The molecule has 0 fully saturated rings. The van der Waals surface area contributed by atoms with Crippen LogP contribution >= 0.6 is 23.2 Å². The third-order valence-corrected chi connectivity index (χ3v) is 8.42. The quantitative estimate of drug-likeness (QED) is 0.313. The third-order valence-electron chi connectivity index (χ3n) is 6.16. The molecule has 0 unspecified atom stereocenters. The summed E-state index contributed by atoms with van der Waals surface area (Å²) >= 11 is 12.3. The number of aryl methyl sites for hydroxylation is 1. The monoisotopic (exact) mass is 605 g/mol. The van der Waals surface area contributed by atoms with E-state index in [4.69, 9.17) is 27.9 Å². The first kappa shape index (κ1) is 31.3. The van der Waals surface area contributed by atoms with Crippen molar-refractivity contribution in [1.82, 2.24) is 10.2 Å². The SMILES string of the molecule is COc1ccc(Cl)cc1N(CC(=O)N(Cc1ccc(Cl)cc1)[C@H](C)C(=O)NC(C)C)S(=O)(=O)c1ccc(C)cc1. The van der Waals surface area contributed by atoms with Crippen LogP contribution in [-0.2, 0) is 26.2 Å². The van der Waals surface area contributed by atoms with Crippen molar-refractivity contribution in [2.24, 2.45) is 0 Å². The maximum Gasteiger partial charge on any atom is 0.264 e. The number of methoxy groups -OCH3 is 1. The molecule has 11 heteroatoms. The molecule has 3 aromatic rings. The van der Waals surface area contributed by atoms with Gasteiger partial charge in [0, 0.05) is 22.6 Å². The van der Waals surface area contributed by atoms with Gasteiger partial charge in [-0.2, -0.15) is 0 Å². The van der Waals surface area contributed by atoms with Crippen molar-refractivity contribution < 1.29 is 22.7 Å². The fourth-order valence-electron chi connectivity index (χ4n) is 3.98. The molecule has 3 rings (SSSR count). The van der Waals surface area contributed by atoms with Gasteiger partial charge in [0.05, 0.1) is 17.7 Å². The highest BCUT2D eigenvalue weighted by Crippen LogP contribution is 2.35. The smallest absolute Gasteiger partial charge is 0.264 e. The largest absolute Gasteiger partial charge is 0.495 e. The van der Waals surface area contributed by atoms with Crippen LogP contribution in [0.3, 0.4) is 0 Å². The Balaban J connectivity index is 2.10. The molecule has 0 bridgehead atoms. The van der Waals surface area contributed by atoms with E-state index >= 15 is 0 Å². The molecule has 0 aliphatic rings. The van der Waals surface area contributed by atoms with E-state index in [0.29, 0.717) is 5.02 Å². The van der Waals surface area contributed by atoms with Crippen LogP contribution in [0.25, 0.3) is 0 Å². The number of rotatable bonds is 11. The van der Waals surface area contributed by atoms with Crippen LogP contribution in [0.1, 0.15) is 31.9 Å². The lowest BCUT2D eigenvalue weighted by molar-refractivity contribution is -0.139. The molecule has 0 saturated carbocycles. The molecule has 0 heterocycles. The van der Waals surface area contributed by atoms with Crippen molar-refractivity contribution in [3.05, 3.63) is 87.9 Å². The van der Waals surface area contributed by atoms with Gasteiger partial charge < -0.3 is 15.0 Å². The zero-order chi connectivity index (χ0) is 29.6. The summed E-state index contributed by atoms with van der Waals surface area (Å²) in [5.41, 5.74) is 1.69. The molecule has 1 N–H and O–H groups in total. The van der Waals surface area contributed by atoms with Gasteiger partial charge in [0.15, 0.2) is 0 Å². The van der Waals surface area contributed by atoms with Gasteiger partial charge in [0.1, 0.15) is 18.3 Å². The minimum atomic E-state index is -4.26. The number of nitrogens with one attached hydrogen (secondary N) is 1. The first-order valence-electron chi connectivity index (χ1n) is 12.6. The summed E-state index contributed by atoms with van der Waals surface area (Å²) in [7, 11) is -2.86. The van der Waals surface area contributed by atoms with Gasteiger partial charge in [-0.05, 0) is 75.7 Å². The maximum atomic E-state index is 14.0. The Labute approximate surface area is 245 Å². The highest BCUT2D eigenvalue weighted by atomic mass is 35.5. The van der Waals surface area contributed by atoms with Crippen LogP contribution in [0.15, 0.2) is 71.6 Å². The molecule has 0 saturated heterocycles. The van der Waals surface area contributed by atoms with Crippen molar-refractivity contribution >= 4 is 50.7 Å². The first-order valence-corrected chi connectivity index (χ1v) is 14.8. The van der Waals surface area contributed by atoms with E-state index in [1.54, 1.807) is 49.4 Å². The zero-order valence-corrected chi connectivity index (χ0v) is 25.3. The number of nitrogens with zero attached hydrogens (tertiary/aromatic N) is 2. The summed E-state index contributed by atoms with van der Waals surface area (Å²) in [6.45, 7) is 6.52. The zero-order valence-electron chi connectivity index (χ0n) is 23.0. The number of halogens is 2. The summed E-state index contributed by atoms with van der Waals surface area (Å²) in [6, 6.07) is 16.6. The second-order valence-electron chi connectivity index (χ2n) is 9.63. The second-order valence-corrected chi connectivity index (χ2v) is 12.4. The van der Waals surface area contributed by atoms with E-state index < -0.39 is 28.5 Å². The Bertz CT molecular complexity index is 1450. The molecule has 0 aliphatic heterocycles. The lowest BCUT2D eigenvalue weighted by atomic mass is 10.1. The minimum Gasteiger partial charge on any atom is -0.495 e. The fraction of sp³-hybridized carbons (Fsp3) is 0.310. The van der Waals surface area contributed by atoms with Crippen molar-refractivity contribution in [3.8, 4) is 5.75 Å². The number of carbonyl (C=O) groups excluding carboxylic acids is 2. The van der Waals surface area contributed by atoms with Crippen molar-refractivity contribution in [1.29, 1.82) is 0 Å². The average Bonchev–Trinajstić information content (AvgIpc) is 2.90. The van der Waals surface area contributed by atoms with Crippen molar-refractivity contribution in [2.45, 2.75) is 51.2 Å². The molecule has 8 nitrogen and oxygen atoms in total. The molecule has 0 aliphatic carbocycles. The summed E-state index contributed by atoms with van der Waals surface area (Å²) in [6.07, 6.45) is 0. The number of ether oxygens (including phenoxy) is 1. The van der Waals surface area contributed by atoms with Crippen LogP contribution in [-0.4, -0.2) is 50.9 Å². The normalized spacial score (nSPS) is 12.1. The number of carbonyl (C=O) groups is 2. The van der Waals surface area contributed by atoms with E-state index in [2.05, 4.69) is 5.32 Å². The molecule has 0 radical (unpaired) electrons. The number of hydrogen-bond acceptors (Lipinski definition) is 5. The summed E-state index contributed by atoms with van der Waals surface area (Å²) in [5, 5.41) is 3.60. The van der Waals surface area contributed by atoms with Gasteiger partial charge in [-0.3, -0.25) is 13.9 Å². The van der Waals surface area contributed by atoms with Gasteiger partial charge in [0.25, 0.3) is 10.0 Å². The Morgan fingerprint density at radius 1 is 0.925 bits per heavy atom. The molecular formula is C29H33Cl2N3O5S. The van der Waals surface area contributed by atoms with Crippen LogP contribution in [0, 0.1) is 6.92 Å². The minimum absolute atomic E-state index is 0.0113. The highest BCUT2D eigenvalue weighted by Gasteiger charge is 2.34. The van der Waals surface area contributed by atoms with Gasteiger partial charge in [-0.15, -0.1) is 0 Å². The van der Waals surface area contributed by atoms with E-state index in [1.807, 2.05) is 20.8 Å². The topological polar surface area (TPSA) is 96.0 Å². The number of sulfonamides is 1. The van der Waals surface area contributed by atoms with E-state index in [9.17, 15) is 18.0 Å². The molecule has 0 aromatic heterocycles. The second kappa shape index (κ2) is 13.4. The summed E-state index contributed by atoms with van der Waals surface area (Å²) in [4.78, 5) is 28.3. The number of benzene rings is 3. The van der Waals surface area contributed by atoms with Crippen LogP contribution in [0.5, 0.6) is 5.75 Å². The molecule has 0 spiro atoms. The summed E-state index contributed by atoms with van der Waals surface area (Å²) in [5.74, 6) is -0.757. The highest BCUT2D eigenvalue weighted by molar-refractivity contribution is 7.92. The molecular weight excluding hydrogens is 573 g/mol. The number of amides is 2.